The molecule has 5 heteroatoms. The van der Waals surface area contributed by atoms with Gasteiger partial charge in [-0.3, -0.25) is 0 Å². The molecule has 2 aliphatic rings. The minimum Gasteiger partial charge on any atom is -0.444 e. The SMILES string of the molecule is CC(C)(C)OC(=O)N1CCC2(C#N)OC2C1. The van der Waals surface area contributed by atoms with Gasteiger partial charge in [0.05, 0.1) is 6.54 Å². The Morgan fingerprint density at radius 2 is 2.31 bits per heavy atom. The van der Waals surface area contributed by atoms with Gasteiger partial charge in [0, 0.05) is 13.0 Å². The number of hydrogen-bond donors (Lipinski definition) is 0. The molecule has 2 atom stereocenters. The smallest absolute Gasteiger partial charge is 0.410 e. The lowest BCUT2D eigenvalue weighted by Gasteiger charge is -2.29. The van der Waals surface area contributed by atoms with E-state index in [0.717, 1.165) is 0 Å². The first-order chi connectivity index (χ1) is 7.36. The van der Waals surface area contributed by atoms with Crippen molar-refractivity contribution >= 4 is 6.09 Å². The zero-order valence-electron chi connectivity index (χ0n) is 9.82. The van der Waals surface area contributed by atoms with Crippen molar-refractivity contribution in [2.24, 2.45) is 0 Å². The first-order valence-electron chi connectivity index (χ1n) is 5.43. The molecule has 0 aromatic rings. The third kappa shape index (κ3) is 1.98. The minimum atomic E-state index is -0.613. The third-order valence-electron chi connectivity index (χ3n) is 2.80. The summed E-state index contributed by atoms with van der Waals surface area (Å²) in [5.41, 5.74) is -1.09. The number of nitriles is 1. The lowest BCUT2D eigenvalue weighted by Crippen LogP contribution is -2.44. The van der Waals surface area contributed by atoms with E-state index in [1.165, 1.54) is 0 Å². The highest BCUT2D eigenvalue weighted by Crippen LogP contribution is 2.43. The number of carbonyl (C=O) groups is 1. The Kier molecular flexibility index (Phi) is 2.35. The van der Waals surface area contributed by atoms with E-state index in [1.54, 1.807) is 4.90 Å². The molecule has 0 aromatic heterocycles. The number of epoxide rings is 1. The van der Waals surface area contributed by atoms with Crippen LogP contribution in [0, 0.1) is 11.3 Å². The van der Waals surface area contributed by atoms with Gasteiger partial charge >= 0.3 is 6.09 Å². The van der Waals surface area contributed by atoms with Crippen LogP contribution in [0.5, 0.6) is 0 Å². The average molecular weight is 224 g/mol. The number of likely N-dealkylation sites (tertiary alicyclic amines) is 1. The van der Waals surface area contributed by atoms with E-state index in [0.29, 0.717) is 19.5 Å². The van der Waals surface area contributed by atoms with Gasteiger partial charge in [-0.2, -0.15) is 5.26 Å². The summed E-state index contributed by atoms with van der Waals surface area (Å²) in [6.45, 7) is 6.49. The average Bonchev–Trinajstić information content (AvgIpc) is 2.88. The molecule has 0 aromatic carbocycles. The number of rotatable bonds is 0. The molecule has 2 aliphatic heterocycles. The van der Waals surface area contributed by atoms with E-state index in [9.17, 15) is 4.79 Å². The number of fused-ring (bicyclic) bond motifs is 1. The zero-order valence-corrected chi connectivity index (χ0v) is 9.82. The molecule has 0 aliphatic carbocycles. The molecule has 2 unspecified atom stereocenters. The predicted molar refractivity (Wildman–Crippen MR) is 55.6 cm³/mol. The maximum absolute atomic E-state index is 11.7. The van der Waals surface area contributed by atoms with Gasteiger partial charge in [0.1, 0.15) is 17.8 Å². The Bertz CT molecular complexity index is 355. The molecule has 88 valence electrons. The van der Waals surface area contributed by atoms with E-state index < -0.39 is 11.2 Å². The van der Waals surface area contributed by atoms with Crippen LogP contribution in [0.4, 0.5) is 4.79 Å². The van der Waals surface area contributed by atoms with Crippen LogP contribution in [-0.2, 0) is 9.47 Å². The summed E-state index contributed by atoms with van der Waals surface area (Å²) in [4.78, 5) is 13.3. The van der Waals surface area contributed by atoms with Crippen molar-refractivity contribution in [1.82, 2.24) is 4.90 Å². The summed E-state index contributed by atoms with van der Waals surface area (Å²) in [6, 6.07) is 2.16. The zero-order chi connectivity index (χ0) is 12.0. The van der Waals surface area contributed by atoms with E-state index in [-0.39, 0.29) is 12.2 Å². The van der Waals surface area contributed by atoms with Crippen molar-refractivity contribution in [2.45, 2.75) is 44.5 Å². The van der Waals surface area contributed by atoms with Crippen LogP contribution in [0.2, 0.25) is 0 Å². The highest BCUT2D eigenvalue weighted by atomic mass is 16.6. The van der Waals surface area contributed by atoms with Crippen molar-refractivity contribution in [3.8, 4) is 6.07 Å². The van der Waals surface area contributed by atoms with Crippen LogP contribution in [0.1, 0.15) is 27.2 Å². The molecular weight excluding hydrogens is 208 g/mol. The van der Waals surface area contributed by atoms with E-state index in [2.05, 4.69) is 6.07 Å². The van der Waals surface area contributed by atoms with Crippen molar-refractivity contribution in [1.29, 1.82) is 5.26 Å². The summed E-state index contributed by atoms with van der Waals surface area (Å²) < 4.78 is 10.6. The quantitative estimate of drug-likeness (QED) is 0.581. The molecular formula is C11H16N2O3. The van der Waals surface area contributed by atoms with Gasteiger partial charge in [0.25, 0.3) is 0 Å². The fourth-order valence-corrected chi connectivity index (χ4v) is 1.86. The molecule has 5 nitrogen and oxygen atoms in total. The standard InChI is InChI=1S/C11H16N2O3/c1-10(2,3)16-9(14)13-5-4-11(7-12)8(6-13)15-11/h8H,4-6H2,1-3H3. The molecule has 2 rings (SSSR count). The molecule has 0 saturated carbocycles. The van der Waals surface area contributed by atoms with Crippen LogP contribution in [0.25, 0.3) is 0 Å². The fraction of sp³-hybridized carbons (Fsp3) is 0.818. The van der Waals surface area contributed by atoms with Crippen LogP contribution in [-0.4, -0.2) is 41.4 Å². The highest BCUT2D eigenvalue weighted by molar-refractivity contribution is 5.68. The fourth-order valence-electron chi connectivity index (χ4n) is 1.86. The monoisotopic (exact) mass is 224 g/mol. The molecule has 2 heterocycles. The molecule has 0 spiro atoms. The number of piperidine rings is 1. The summed E-state index contributed by atoms with van der Waals surface area (Å²) in [6.07, 6.45) is 0.126. The van der Waals surface area contributed by atoms with Gasteiger partial charge in [-0.05, 0) is 20.8 Å². The van der Waals surface area contributed by atoms with Gasteiger partial charge in [-0.1, -0.05) is 0 Å². The maximum Gasteiger partial charge on any atom is 0.410 e. The molecule has 1 amide bonds. The Hall–Kier alpha value is -1.28. The van der Waals surface area contributed by atoms with Crippen LogP contribution in [0.15, 0.2) is 0 Å². The van der Waals surface area contributed by atoms with Crippen molar-refractivity contribution in [3.63, 3.8) is 0 Å². The van der Waals surface area contributed by atoms with Crippen molar-refractivity contribution < 1.29 is 14.3 Å². The van der Waals surface area contributed by atoms with Gasteiger partial charge in [-0.25, -0.2) is 4.79 Å². The first-order valence-corrected chi connectivity index (χ1v) is 5.43. The number of amides is 1. The van der Waals surface area contributed by atoms with Crippen LogP contribution >= 0.6 is 0 Å². The number of ether oxygens (including phenoxy) is 2. The summed E-state index contributed by atoms with van der Waals surface area (Å²) >= 11 is 0. The van der Waals surface area contributed by atoms with Gasteiger partial charge in [0.15, 0.2) is 5.60 Å². The van der Waals surface area contributed by atoms with Crippen LogP contribution < -0.4 is 0 Å². The van der Waals surface area contributed by atoms with Crippen molar-refractivity contribution in [3.05, 3.63) is 0 Å². The Morgan fingerprint density at radius 1 is 1.62 bits per heavy atom. The van der Waals surface area contributed by atoms with Crippen LogP contribution in [0.3, 0.4) is 0 Å². The second-order valence-electron chi connectivity index (χ2n) is 5.28. The Morgan fingerprint density at radius 3 is 2.81 bits per heavy atom. The maximum atomic E-state index is 11.7. The Labute approximate surface area is 94.9 Å². The summed E-state index contributed by atoms with van der Waals surface area (Å²) in [5, 5.41) is 8.89. The normalized spacial score (nSPS) is 32.6. The molecule has 0 N–H and O–H groups in total. The second-order valence-corrected chi connectivity index (χ2v) is 5.28. The molecule has 0 radical (unpaired) electrons. The second kappa shape index (κ2) is 3.36. The largest absolute Gasteiger partial charge is 0.444 e. The molecule has 0 bridgehead atoms. The Balaban J connectivity index is 1.90. The lowest BCUT2D eigenvalue weighted by molar-refractivity contribution is 0.0224. The first kappa shape index (κ1) is 11.2. The van der Waals surface area contributed by atoms with E-state index in [4.69, 9.17) is 14.7 Å². The predicted octanol–water partition coefficient (Wildman–Crippen LogP) is 1.29. The van der Waals surface area contributed by atoms with E-state index >= 15 is 0 Å². The number of hydrogen-bond acceptors (Lipinski definition) is 4. The highest BCUT2D eigenvalue weighted by Gasteiger charge is 2.60. The summed E-state index contributed by atoms with van der Waals surface area (Å²) in [5.74, 6) is 0. The van der Waals surface area contributed by atoms with Gasteiger partial charge < -0.3 is 14.4 Å². The van der Waals surface area contributed by atoms with Gasteiger partial charge in [0.2, 0.25) is 0 Å². The van der Waals surface area contributed by atoms with Crippen molar-refractivity contribution in [2.75, 3.05) is 13.1 Å². The van der Waals surface area contributed by atoms with E-state index in [1.807, 2.05) is 20.8 Å². The van der Waals surface area contributed by atoms with Gasteiger partial charge in [-0.15, -0.1) is 0 Å². The minimum absolute atomic E-state index is 0.126. The molecule has 2 fully saturated rings. The number of carbonyl (C=O) groups excluding carboxylic acids is 1. The molecule has 16 heavy (non-hydrogen) atoms. The lowest BCUT2D eigenvalue weighted by atomic mass is 9.99. The summed E-state index contributed by atoms with van der Waals surface area (Å²) in [7, 11) is 0. The number of nitrogens with zero attached hydrogens (tertiary/aromatic N) is 2. The molecule has 2 saturated heterocycles. The topological polar surface area (TPSA) is 65.9 Å². The third-order valence-corrected chi connectivity index (χ3v) is 2.80.